The van der Waals surface area contributed by atoms with E-state index in [1.807, 2.05) is 48.5 Å². The largest absolute Gasteiger partial charge is 0.333 e. The summed E-state index contributed by atoms with van der Waals surface area (Å²) in [5.41, 5.74) is 3.45. The zero-order valence-corrected chi connectivity index (χ0v) is 18.8. The molecule has 4 rings (SSSR count). The van der Waals surface area contributed by atoms with Crippen molar-refractivity contribution in [3.63, 3.8) is 0 Å². The predicted octanol–water partition coefficient (Wildman–Crippen LogP) is 5.12. The third-order valence-electron chi connectivity index (χ3n) is 4.83. The van der Waals surface area contributed by atoms with Gasteiger partial charge in [-0.05, 0) is 48.6 Å². The average Bonchev–Trinajstić information content (AvgIpc) is 2.85. The number of likely N-dealkylation sites (N-methyl/N-ethyl adjacent to an activating group) is 1. The second kappa shape index (κ2) is 9.06. The van der Waals surface area contributed by atoms with E-state index >= 15 is 0 Å². The summed E-state index contributed by atoms with van der Waals surface area (Å²) in [4.78, 5) is 19.5. The predicted molar refractivity (Wildman–Crippen MR) is 132 cm³/mol. The molecule has 0 saturated carbocycles. The van der Waals surface area contributed by atoms with Gasteiger partial charge in [-0.3, -0.25) is 4.79 Å². The van der Waals surface area contributed by atoms with Crippen molar-refractivity contribution in [2.75, 3.05) is 17.3 Å². The van der Waals surface area contributed by atoms with Crippen LogP contribution in [0.2, 0.25) is 10.0 Å². The van der Waals surface area contributed by atoms with E-state index in [-0.39, 0.29) is 11.0 Å². The number of hydrogen-bond donors (Lipinski definition) is 2. The number of aliphatic imine (C=N–C) groups is 1. The highest BCUT2D eigenvalue weighted by Gasteiger charge is 2.31. The lowest BCUT2D eigenvalue weighted by atomic mass is 10.00. The smallest absolute Gasteiger partial charge is 0.272 e. The van der Waals surface area contributed by atoms with Crippen LogP contribution in [0.25, 0.3) is 0 Å². The molecule has 0 spiro atoms. The minimum Gasteiger partial charge on any atom is -0.333 e. The van der Waals surface area contributed by atoms with Gasteiger partial charge in [-0.1, -0.05) is 59.6 Å². The van der Waals surface area contributed by atoms with Crippen molar-refractivity contribution in [2.24, 2.45) is 4.99 Å². The fourth-order valence-corrected chi connectivity index (χ4v) is 3.95. The Labute approximate surface area is 195 Å². The Hall–Kier alpha value is -2.93. The molecule has 0 bridgehead atoms. The second-order valence-electron chi connectivity index (χ2n) is 6.88. The summed E-state index contributed by atoms with van der Waals surface area (Å²) >= 11 is 18.2. The van der Waals surface area contributed by atoms with Crippen molar-refractivity contribution in [3.05, 3.63) is 94.0 Å². The molecule has 0 fully saturated rings. The number of anilines is 2. The Kier molecular flexibility index (Phi) is 6.23. The molecule has 0 saturated heterocycles. The number of halogens is 2. The number of amides is 1. The van der Waals surface area contributed by atoms with Crippen LogP contribution in [-0.4, -0.2) is 29.9 Å². The Balaban J connectivity index is 1.76. The fourth-order valence-electron chi connectivity index (χ4n) is 3.32. The molecule has 5 nitrogen and oxygen atoms in total. The second-order valence-corrected chi connectivity index (χ2v) is 8.14. The summed E-state index contributed by atoms with van der Waals surface area (Å²) in [7, 11) is 1.70. The Morgan fingerprint density at radius 2 is 1.71 bits per heavy atom. The SMILES string of the molecule is CN1C(=O)C(NC(=S)Nc2ccccc2)N=C(c2ccccc2Cl)c2cc(Cl)ccc21. The van der Waals surface area contributed by atoms with E-state index < -0.39 is 6.17 Å². The van der Waals surface area contributed by atoms with Gasteiger partial charge in [-0.25, -0.2) is 4.99 Å². The molecule has 0 radical (unpaired) electrons. The van der Waals surface area contributed by atoms with E-state index in [0.29, 0.717) is 32.6 Å². The molecule has 3 aromatic carbocycles. The van der Waals surface area contributed by atoms with E-state index in [2.05, 4.69) is 10.6 Å². The number of benzene rings is 3. The molecule has 1 amide bonds. The highest BCUT2D eigenvalue weighted by Crippen LogP contribution is 2.31. The van der Waals surface area contributed by atoms with Crippen molar-refractivity contribution in [1.29, 1.82) is 0 Å². The van der Waals surface area contributed by atoms with Gasteiger partial charge in [-0.2, -0.15) is 0 Å². The molecule has 1 heterocycles. The third-order valence-corrected chi connectivity index (χ3v) is 5.61. The zero-order chi connectivity index (χ0) is 22.0. The Bertz CT molecular complexity index is 1180. The number of para-hydroxylation sites is 1. The number of carbonyl (C=O) groups is 1. The standard InChI is InChI=1S/C23H18Cl2N4OS/c1-29-19-12-11-14(24)13-17(19)20(16-9-5-6-10-18(16)25)27-21(22(29)30)28-23(31)26-15-7-3-2-4-8-15/h2-13,21H,1H3,(H2,26,28,31). The lowest BCUT2D eigenvalue weighted by Gasteiger charge is -2.22. The van der Waals surface area contributed by atoms with Crippen LogP contribution >= 0.6 is 35.4 Å². The first-order valence-electron chi connectivity index (χ1n) is 9.47. The third kappa shape index (κ3) is 4.56. The molecule has 1 aliphatic heterocycles. The van der Waals surface area contributed by atoms with Gasteiger partial charge in [0.25, 0.3) is 5.91 Å². The molecule has 0 aliphatic carbocycles. The number of hydrogen-bond acceptors (Lipinski definition) is 3. The van der Waals surface area contributed by atoms with Crippen LogP contribution in [0.4, 0.5) is 11.4 Å². The zero-order valence-electron chi connectivity index (χ0n) is 16.5. The van der Waals surface area contributed by atoms with Crippen LogP contribution in [0.1, 0.15) is 11.1 Å². The molecule has 2 N–H and O–H groups in total. The molecule has 31 heavy (non-hydrogen) atoms. The summed E-state index contributed by atoms with van der Waals surface area (Å²) < 4.78 is 0. The first-order chi connectivity index (χ1) is 14.9. The van der Waals surface area contributed by atoms with Gasteiger partial charge in [0.1, 0.15) is 0 Å². The molecule has 156 valence electrons. The summed E-state index contributed by atoms with van der Waals surface area (Å²) in [6.07, 6.45) is -0.953. The van der Waals surface area contributed by atoms with Crippen molar-refractivity contribution in [2.45, 2.75) is 6.17 Å². The van der Waals surface area contributed by atoms with Crippen LogP contribution in [0.15, 0.2) is 77.8 Å². The number of nitrogens with one attached hydrogen (secondary N) is 2. The monoisotopic (exact) mass is 468 g/mol. The number of carbonyl (C=O) groups excluding carboxylic acids is 1. The number of benzodiazepines with no additional fused rings is 1. The van der Waals surface area contributed by atoms with Crippen molar-refractivity contribution in [3.8, 4) is 0 Å². The van der Waals surface area contributed by atoms with Crippen molar-refractivity contribution in [1.82, 2.24) is 5.32 Å². The highest BCUT2D eigenvalue weighted by atomic mass is 35.5. The van der Waals surface area contributed by atoms with Crippen LogP contribution in [-0.2, 0) is 4.79 Å². The first-order valence-corrected chi connectivity index (χ1v) is 10.6. The van der Waals surface area contributed by atoms with Crippen molar-refractivity contribution < 1.29 is 4.79 Å². The summed E-state index contributed by atoms with van der Waals surface area (Å²) in [5.74, 6) is -0.261. The maximum absolute atomic E-state index is 13.2. The van der Waals surface area contributed by atoms with Crippen LogP contribution < -0.4 is 15.5 Å². The van der Waals surface area contributed by atoms with Crippen LogP contribution in [0.3, 0.4) is 0 Å². The molecule has 8 heteroatoms. The number of fused-ring (bicyclic) bond motifs is 1. The Morgan fingerprint density at radius 1 is 1.00 bits per heavy atom. The van der Waals surface area contributed by atoms with Gasteiger partial charge in [-0.15, -0.1) is 0 Å². The molecule has 1 aliphatic rings. The first kappa shape index (κ1) is 21.3. The minimum absolute atomic E-state index is 0.261. The van der Waals surface area contributed by atoms with Gasteiger partial charge < -0.3 is 15.5 Å². The van der Waals surface area contributed by atoms with E-state index in [1.165, 1.54) is 0 Å². The molecule has 3 aromatic rings. The Morgan fingerprint density at radius 3 is 2.45 bits per heavy atom. The maximum atomic E-state index is 13.2. The minimum atomic E-state index is -0.953. The van der Waals surface area contributed by atoms with Crippen molar-refractivity contribution >= 4 is 63.5 Å². The van der Waals surface area contributed by atoms with Gasteiger partial charge in [0.15, 0.2) is 5.11 Å². The van der Waals surface area contributed by atoms with E-state index in [9.17, 15) is 4.79 Å². The molecule has 1 atom stereocenters. The van der Waals surface area contributed by atoms with E-state index in [4.69, 9.17) is 40.4 Å². The highest BCUT2D eigenvalue weighted by molar-refractivity contribution is 7.80. The van der Waals surface area contributed by atoms with Crippen LogP contribution in [0.5, 0.6) is 0 Å². The molecular weight excluding hydrogens is 451 g/mol. The quantitative estimate of drug-likeness (QED) is 0.523. The number of rotatable bonds is 3. The van der Waals surface area contributed by atoms with Gasteiger partial charge in [0.05, 0.1) is 11.4 Å². The average molecular weight is 469 g/mol. The van der Waals surface area contributed by atoms with Gasteiger partial charge in [0.2, 0.25) is 6.17 Å². The lowest BCUT2D eigenvalue weighted by molar-refractivity contribution is -0.119. The van der Waals surface area contributed by atoms with E-state index in [1.54, 1.807) is 36.2 Å². The maximum Gasteiger partial charge on any atom is 0.272 e. The molecule has 1 unspecified atom stereocenters. The molecule has 0 aromatic heterocycles. The van der Waals surface area contributed by atoms with Gasteiger partial charge >= 0.3 is 0 Å². The number of thiocarbonyl (C=S) groups is 1. The summed E-state index contributed by atoms with van der Waals surface area (Å²) in [6.45, 7) is 0. The summed E-state index contributed by atoms with van der Waals surface area (Å²) in [6, 6.07) is 22.1. The van der Waals surface area contributed by atoms with E-state index in [0.717, 1.165) is 5.69 Å². The molecular formula is C23H18Cl2N4OS. The number of nitrogens with zero attached hydrogens (tertiary/aromatic N) is 2. The van der Waals surface area contributed by atoms with Gasteiger partial charge in [0, 0.05) is 33.9 Å². The van der Waals surface area contributed by atoms with Crippen LogP contribution in [0, 0.1) is 0 Å². The fraction of sp³-hybridized carbons (Fsp3) is 0.0870. The topological polar surface area (TPSA) is 56.7 Å². The normalized spacial score (nSPS) is 15.6. The lowest BCUT2D eigenvalue weighted by Crippen LogP contribution is -2.47. The summed E-state index contributed by atoms with van der Waals surface area (Å²) in [5, 5.41) is 7.43.